The highest BCUT2D eigenvalue weighted by Gasteiger charge is 2.37. The van der Waals surface area contributed by atoms with Crippen LogP contribution in [0.4, 0.5) is 0 Å². The summed E-state index contributed by atoms with van der Waals surface area (Å²) in [5.41, 5.74) is 1.19. The minimum absolute atomic E-state index is 0.00884. The molecule has 1 aliphatic heterocycles. The molecule has 4 nitrogen and oxygen atoms in total. The number of rotatable bonds is 14. The second-order valence-corrected chi connectivity index (χ2v) is 8.79. The number of methoxy groups -OCH3 is 1. The Morgan fingerprint density at radius 3 is 2.40 bits per heavy atom. The predicted molar refractivity (Wildman–Crippen MR) is 121 cm³/mol. The molecule has 1 aromatic carbocycles. The van der Waals surface area contributed by atoms with Crippen molar-refractivity contribution in [1.82, 2.24) is 0 Å². The van der Waals surface area contributed by atoms with E-state index in [1.807, 2.05) is 6.07 Å². The molecule has 0 bridgehead atoms. The monoisotopic (exact) mass is 418 g/mol. The molecule has 1 aliphatic rings. The van der Waals surface area contributed by atoms with Crippen molar-refractivity contribution in [3.63, 3.8) is 0 Å². The normalized spacial score (nSPS) is 24.0. The van der Waals surface area contributed by atoms with Crippen molar-refractivity contribution in [2.75, 3.05) is 7.11 Å². The molecule has 0 saturated carbocycles. The molecule has 1 aromatic rings. The van der Waals surface area contributed by atoms with Crippen LogP contribution in [0.3, 0.4) is 0 Å². The molecule has 2 rings (SSSR count). The lowest BCUT2D eigenvalue weighted by atomic mass is 9.81. The first-order chi connectivity index (χ1) is 14.7. The van der Waals surface area contributed by atoms with Gasteiger partial charge in [0.1, 0.15) is 0 Å². The van der Waals surface area contributed by atoms with Crippen LogP contribution in [0.25, 0.3) is 0 Å². The molecule has 4 atom stereocenters. The highest BCUT2D eigenvalue weighted by atomic mass is 16.5. The Morgan fingerprint density at radius 1 is 1.00 bits per heavy atom. The van der Waals surface area contributed by atoms with Crippen molar-refractivity contribution >= 4 is 5.97 Å². The zero-order chi connectivity index (χ0) is 21.6. The van der Waals surface area contributed by atoms with Crippen molar-refractivity contribution in [2.24, 2.45) is 5.92 Å². The molecule has 30 heavy (non-hydrogen) atoms. The van der Waals surface area contributed by atoms with Gasteiger partial charge in [-0.15, -0.1) is 0 Å². The number of benzene rings is 1. The van der Waals surface area contributed by atoms with Crippen LogP contribution in [0.2, 0.25) is 0 Å². The molecule has 0 unspecified atom stereocenters. The van der Waals surface area contributed by atoms with Crippen molar-refractivity contribution in [1.29, 1.82) is 0 Å². The quantitative estimate of drug-likeness (QED) is 0.282. The molecular formula is C26H42O4. The average molecular weight is 419 g/mol. The maximum atomic E-state index is 11.2. The molecule has 1 heterocycles. The fourth-order valence-electron chi connectivity index (χ4n) is 4.59. The van der Waals surface area contributed by atoms with E-state index in [0.717, 1.165) is 51.4 Å². The number of unbranched alkanes of at least 4 members (excludes halogenated alkanes) is 7. The molecule has 0 amide bonds. The van der Waals surface area contributed by atoms with Crippen LogP contribution in [-0.2, 0) is 14.3 Å². The van der Waals surface area contributed by atoms with E-state index in [1.54, 1.807) is 0 Å². The fourth-order valence-corrected chi connectivity index (χ4v) is 4.59. The summed E-state index contributed by atoms with van der Waals surface area (Å²) in [7, 11) is 1.44. The Labute approximate surface area is 183 Å². The summed E-state index contributed by atoms with van der Waals surface area (Å²) in [5.74, 6) is 0.0433. The van der Waals surface area contributed by atoms with Crippen molar-refractivity contribution in [3.8, 4) is 0 Å². The maximum Gasteiger partial charge on any atom is 0.305 e. The Kier molecular flexibility index (Phi) is 12.1. The van der Waals surface area contributed by atoms with E-state index in [2.05, 4.69) is 35.9 Å². The number of aliphatic hydroxyl groups excluding tert-OH is 1. The number of aliphatic hydroxyl groups is 1. The first-order valence-electron chi connectivity index (χ1n) is 12.1. The predicted octanol–water partition coefficient (Wildman–Crippen LogP) is 6.37. The van der Waals surface area contributed by atoms with Gasteiger partial charge in [0.25, 0.3) is 0 Å². The fraction of sp³-hybridized carbons (Fsp3) is 0.731. The van der Waals surface area contributed by atoms with Crippen LogP contribution in [0.1, 0.15) is 102 Å². The van der Waals surface area contributed by atoms with Gasteiger partial charge in [-0.05, 0) is 31.2 Å². The van der Waals surface area contributed by atoms with Crippen LogP contribution in [0.5, 0.6) is 0 Å². The van der Waals surface area contributed by atoms with Crippen molar-refractivity contribution in [2.45, 2.75) is 109 Å². The lowest BCUT2D eigenvalue weighted by Crippen LogP contribution is -2.39. The summed E-state index contributed by atoms with van der Waals surface area (Å²) in [6.07, 6.45) is 13.4. The highest BCUT2D eigenvalue weighted by Crippen LogP contribution is 2.40. The van der Waals surface area contributed by atoms with Gasteiger partial charge >= 0.3 is 5.97 Å². The van der Waals surface area contributed by atoms with Gasteiger partial charge in [-0.2, -0.15) is 0 Å². The van der Waals surface area contributed by atoms with Gasteiger partial charge in [-0.25, -0.2) is 0 Å². The van der Waals surface area contributed by atoms with E-state index in [1.165, 1.54) is 38.4 Å². The third-order valence-electron chi connectivity index (χ3n) is 6.38. The molecule has 0 aromatic heterocycles. The van der Waals surface area contributed by atoms with Gasteiger partial charge in [0.05, 0.1) is 25.4 Å². The Balaban J connectivity index is 1.82. The van der Waals surface area contributed by atoms with E-state index < -0.39 is 0 Å². The minimum atomic E-state index is -0.292. The van der Waals surface area contributed by atoms with E-state index >= 15 is 0 Å². The Bertz CT molecular complexity index is 574. The second-order valence-electron chi connectivity index (χ2n) is 8.79. The largest absolute Gasteiger partial charge is 0.469 e. The summed E-state index contributed by atoms with van der Waals surface area (Å²) in [6.45, 7) is 2.23. The Hall–Kier alpha value is -1.39. The summed E-state index contributed by atoms with van der Waals surface area (Å²) >= 11 is 0. The molecule has 0 aliphatic carbocycles. The van der Waals surface area contributed by atoms with Crippen LogP contribution in [0.15, 0.2) is 30.3 Å². The molecule has 170 valence electrons. The van der Waals surface area contributed by atoms with Crippen molar-refractivity contribution in [3.05, 3.63) is 35.9 Å². The lowest BCUT2D eigenvalue weighted by molar-refractivity contribution is -0.143. The van der Waals surface area contributed by atoms with Crippen LogP contribution < -0.4 is 0 Å². The summed E-state index contributed by atoms with van der Waals surface area (Å²) in [5, 5.41) is 11.0. The molecule has 1 saturated heterocycles. The number of carbonyl (C=O) groups is 1. The van der Waals surface area contributed by atoms with Crippen molar-refractivity contribution < 1.29 is 19.4 Å². The number of carbonyl (C=O) groups excluding carboxylic acids is 1. The van der Waals surface area contributed by atoms with Gasteiger partial charge < -0.3 is 14.6 Å². The first-order valence-corrected chi connectivity index (χ1v) is 12.1. The molecule has 0 spiro atoms. The van der Waals surface area contributed by atoms with Crippen LogP contribution in [-0.4, -0.2) is 30.4 Å². The van der Waals surface area contributed by atoms with E-state index in [9.17, 15) is 9.90 Å². The standard InChI is InChI=1S/C26H42O4/c1-3-4-5-12-17-22-20-24(27)23(26(30-22)21-15-10-9-11-16-21)18-13-7-6-8-14-19-25(28)29-2/h9-11,15-16,22-24,26-27H,3-8,12-14,17-20H2,1-2H3/t22-,23-,24+,26+/m1/s1. The molecule has 0 radical (unpaired) electrons. The van der Waals surface area contributed by atoms with Gasteiger partial charge in [0.2, 0.25) is 0 Å². The topological polar surface area (TPSA) is 55.8 Å². The third-order valence-corrected chi connectivity index (χ3v) is 6.38. The summed E-state index contributed by atoms with van der Waals surface area (Å²) in [6, 6.07) is 10.4. The zero-order valence-electron chi connectivity index (χ0n) is 19.1. The minimum Gasteiger partial charge on any atom is -0.469 e. The first kappa shape index (κ1) is 24.9. The lowest BCUT2D eigenvalue weighted by Gasteiger charge is -2.40. The highest BCUT2D eigenvalue weighted by molar-refractivity contribution is 5.68. The summed E-state index contributed by atoms with van der Waals surface area (Å²) in [4.78, 5) is 11.2. The third kappa shape index (κ3) is 8.77. The SMILES string of the molecule is CCCCCC[C@@H]1C[C@H](O)[C@@H](CCCCCCCC(=O)OC)[C@H](c2ccccc2)O1. The van der Waals surface area contributed by atoms with Gasteiger partial charge in [-0.3, -0.25) is 4.79 Å². The molecular weight excluding hydrogens is 376 g/mol. The smallest absolute Gasteiger partial charge is 0.305 e. The number of hydrogen-bond donors (Lipinski definition) is 1. The zero-order valence-corrected chi connectivity index (χ0v) is 19.1. The van der Waals surface area contributed by atoms with Crippen LogP contribution >= 0.6 is 0 Å². The second kappa shape index (κ2) is 14.6. The number of hydrogen-bond acceptors (Lipinski definition) is 4. The van der Waals surface area contributed by atoms with E-state index in [4.69, 9.17) is 4.74 Å². The maximum absolute atomic E-state index is 11.2. The van der Waals surface area contributed by atoms with Gasteiger partial charge in [0, 0.05) is 12.3 Å². The summed E-state index contributed by atoms with van der Waals surface area (Å²) < 4.78 is 11.2. The Morgan fingerprint density at radius 2 is 1.67 bits per heavy atom. The van der Waals surface area contributed by atoms with Gasteiger partial charge in [0.15, 0.2) is 0 Å². The van der Waals surface area contributed by atoms with Gasteiger partial charge in [-0.1, -0.05) is 88.6 Å². The number of ether oxygens (including phenoxy) is 2. The molecule has 4 heteroatoms. The molecule has 1 N–H and O–H groups in total. The number of esters is 1. The molecule has 1 fully saturated rings. The van der Waals surface area contributed by atoms with Crippen LogP contribution in [0, 0.1) is 5.92 Å². The average Bonchev–Trinajstić information content (AvgIpc) is 2.77. The van der Waals surface area contributed by atoms with E-state index in [-0.39, 0.29) is 30.2 Å². The van der Waals surface area contributed by atoms with E-state index in [0.29, 0.717) is 6.42 Å².